The van der Waals surface area contributed by atoms with Crippen LogP contribution in [-0.4, -0.2) is 77.9 Å². The first kappa shape index (κ1) is 29.9. The molecule has 2 atom stereocenters. The Bertz CT molecular complexity index is 1200. The number of rotatable bonds is 8. The predicted molar refractivity (Wildman–Crippen MR) is 139 cm³/mol. The Labute approximate surface area is 230 Å². The molecule has 0 radical (unpaired) electrons. The molecule has 3 N–H and O–H groups in total. The molecule has 2 fully saturated rings. The zero-order chi connectivity index (χ0) is 29.1. The number of hydrogen-bond donors (Lipinski definition) is 3. The minimum absolute atomic E-state index is 0.0250. The van der Waals surface area contributed by atoms with Gasteiger partial charge < -0.3 is 20.1 Å². The molecule has 0 saturated carbocycles. The van der Waals surface area contributed by atoms with E-state index >= 15 is 0 Å². The molecule has 2 aliphatic rings. The molecule has 12 heteroatoms. The molecule has 8 nitrogen and oxygen atoms in total. The lowest BCUT2D eigenvalue weighted by Gasteiger charge is -2.38. The molecule has 0 spiro atoms. The van der Waals surface area contributed by atoms with Crippen molar-refractivity contribution in [2.24, 2.45) is 11.3 Å². The average Bonchev–Trinajstić information content (AvgIpc) is 3.34. The van der Waals surface area contributed by atoms with Gasteiger partial charge in [0, 0.05) is 18.7 Å². The Balaban J connectivity index is 1.26. The number of amides is 2. The van der Waals surface area contributed by atoms with E-state index in [1.165, 1.54) is 32.2 Å². The summed E-state index contributed by atoms with van der Waals surface area (Å²) in [5, 5.41) is 14.5. The van der Waals surface area contributed by atoms with E-state index in [9.17, 15) is 32.3 Å². The van der Waals surface area contributed by atoms with Crippen molar-refractivity contribution in [3.8, 4) is 17.0 Å². The number of benzene rings is 1. The summed E-state index contributed by atoms with van der Waals surface area (Å²) < 4.78 is 60.1. The van der Waals surface area contributed by atoms with Gasteiger partial charge in [0.1, 0.15) is 11.6 Å². The van der Waals surface area contributed by atoms with E-state index in [2.05, 4.69) is 15.6 Å². The first-order valence-electron chi connectivity index (χ1n) is 13.3. The van der Waals surface area contributed by atoms with Gasteiger partial charge in [-0.2, -0.15) is 13.2 Å². The second-order valence-corrected chi connectivity index (χ2v) is 11.2. The van der Waals surface area contributed by atoms with Crippen LogP contribution in [0.4, 0.5) is 17.6 Å². The van der Waals surface area contributed by atoms with Gasteiger partial charge in [-0.1, -0.05) is 6.07 Å². The number of pyridine rings is 1. The highest BCUT2D eigenvalue weighted by molar-refractivity contribution is 6.06. The van der Waals surface area contributed by atoms with Crippen LogP contribution in [0.15, 0.2) is 36.5 Å². The van der Waals surface area contributed by atoms with Gasteiger partial charge in [0.25, 0.3) is 5.91 Å². The second-order valence-electron chi connectivity index (χ2n) is 11.2. The van der Waals surface area contributed by atoms with E-state index in [1.807, 2.05) is 4.90 Å². The largest absolute Gasteiger partial charge is 0.492 e. The van der Waals surface area contributed by atoms with Crippen molar-refractivity contribution in [2.45, 2.75) is 51.4 Å². The van der Waals surface area contributed by atoms with Crippen LogP contribution >= 0.6 is 0 Å². The highest BCUT2D eigenvalue weighted by Crippen LogP contribution is 2.38. The summed E-state index contributed by atoms with van der Waals surface area (Å²) >= 11 is 0. The fraction of sp³-hybridized carbons (Fsp3) is 0.536. The van der Waals surface area contributed by atoms with E-state index in [0.29, 0.717) is 36.7 Å². The highest BCUT2D eigenvalue weighted by Gasteiger charge is 2.48. The molecule has 218 valence electrons. The highest BCUT2D eigenvalue weighted by atomic mass is 19.4. The summed E-state index contributed by atoms with van der Waals surface area (Å²) in [7, 11) is 0. The Morgan fingerprint density at radius 3 is 2.48 bits per heavy atom. The van der Waals surface area contributed by atoms with Gasteiger partial charge >= 0.3 is 6.18 Å². The molecule has 3 heterocycles. The van der Waals surface area contributed by atoms with Crippen molar-refractivity contribution in [3.63, 3.8) is 0 Å². The van der Waals surface area contributed by atoms with Crippen LogP contribution in [0.3, 0.4) is 0 Å². The molecule has 1 aromatic heterocycles. The quantitative estimate of drug-likeness (QED) is 0.332. The molecule has 0 unspecified atom stereocenters. The number of hydrogen-bond acceptors (Lipinski definition) is 7. The number of β-amino-alcohol motifs (C(OH)–C–C–N with tert-alkyl or cyclic N) is 1. The van der Waals surface area contributed by atoms with E-state index in [-0.39, 0.29) is 31.0 Å². The molecular formula is C28H34F4N4O4. The van der Waals surface area contributed by atoms with Gasteiger partial charge in [-0.15, -0.1) is 0 Å². The smallest absolute Gasteiger partial charge is 0.395 e. The third-order valence-electron chi connectivity index (χ3n) is 7.49. The minimum Gasteiger partial charge on any atom is -0.492 e. The monoisotopic (exact) mass is 566 g/mol. The number of alkyl halides is 3. The summed E-state index contributed by atoms with van der Waals surface area (Å²) in [6.07, 6.45) is -1.75. The van der Waals surface area contributed by atoms with Gasteiger partial charge in [-0.05, 0) is 76.4 Å². The van der Waals surface area contributed by atoms with Gasteiger partial charge in [0.2, 0.25) is 5.91 Å². The molecular weight excluding hydrogens is 532 g/mol. The molecule has 0 bridgehead atoms. The first-order chi connectivity index (χ1) is 18.8. The molecule has 2 saturated heterocycles. The molecule has 2 amide bonds. The summed E-state index contributed by atoms with van der Waals surface area (Å²) in [6.45, 7) is 4.26. The van der Waals surface area contributed by atoms with Crippen LogP contribution < -0.4 is 15.4 Å². The van der Waals surface area contributed by atoms with Crippen LogP contribution in [0.5, 0.6) is 5.75 Å². The number of ether oxygens (including phenoxy) is 1. The van der Waals surface area contributed by atoms with Crippen LogP contribution in [0, 0.1) is 17.2 Å². The van der Waals surface area contributed by atoms with E-state index in [4.69, 9.17) is 4.74 Å². The van der Waals surface area contributed by atoms with Crippen molar-refractivity contribution >= 4 is 11.8 Å². The van der Waals surface area contributed by atoms with Crippen LogP contribution in [-0.2, 0) is 4.79 Å². The fourth-order valence-corrected chi connectivity index (χ4v) is 4.85. The Kier molecular flexibility index (Phi) is 9.11. The lowest BCUT2D eigenvalue weighted by Crippen LogP contribution is -2.46. The van der Waals surface area contributed by atoms with Crippen molar-refractivity contribution in [1.82, 2.24) is 20.5 Å². The van der Waals surface area contributed by atoms with Gasteiger partial charge in [0.15, 0.2) is 0 Å². The fourth-order valence-electron chi connectivity index (χ4n) is 4.85. The Morgan fingerprint density at radius 2 is 1.90 bits per heavy atom. The number of carbonyl (C=O) groups is 2. The number of likely N-dealkylation sites (tertiary alicyclic amines) is 1. The van der Waals surface area contributed by atoms with Crippen LogP contribution in [0.25, 0.3) is 11.3 Å². The third kappa shape index (κ3) is 7.35. The van der Waals surface area contributed by atoms with Crippen molar-refractivity contribution in [3.05, 3.63) is 47.9 Å². The van der Waals surface area contributed by atoms with Gasteiger partial charge in [-0.3, -0.25) is 19.9 Å². The molecule has 0 aliphatic carbocycles. The number of halogens is 4. The average molecular weight is 567 g/mol. The maximum Gasteiger partial charge on any atom is 0.395 e. The van der Waals surface area contributed by atoms with Gasteiger partial charge in [0.05, 0.1) is 41.6 Å². The summed E-state index contributed by atoms with van der Waals surface area (Å²) in [5.41, 5.74) is -1.15. The summed E-state index contributed by atoms with van der Waals surface area (Å²) in [5.74, 6) is -1.57. The van der Waals surface area contributed by atoms with Crippen molar-refractivity contribution in [1.29, 1.82) is 0 Å². The SMILES string of the molecule is CC(C)(CN1CCC(COc2ccc(-c3ccc(C(=O)NC(=O)[C@@H]4C[C@@H](O)CN4)c(F)c3)nc2)CC1)C(F)(F)F. The molecule has 2 aromatic rings. The third-order valence-corrected chi connectivity index (χ3v) is 7.49. The lowest BCUT2D eigenvalue weighted by atomic mass is 9.89. The van der Waals surface area contributed by atoms with E-state index in [1.54, 1.807) is 12.1 Å². The molecule has 1 aromatic carbocycles. The zero-order valence-electron chi connectivity index (χ0n) is 22.4. The molecule has 2 aliphatic heterocycles. The maximum atomic E-state index is 14.7. The number of aliphatic hydroxyl groups excluding tert-OH is 1. The first-order valence-corrected chi connectivity index (χ1v) is 13.3. The summed E-state index contributed by atoms with van der Waals surface area (Å²) in [4.78, 5) is 30.7. The topological polar surface area (TPSA) is 104 Å². The number of aliphatic hydroxyl groups is 1. The van der Waals surface area contributed by atoms with Crippen molar-refractivity contribution < 1.29 is 37.0 Å². The minimum atomic E-state index is -4.24. The molecule has 4 rings (SSSR count). The maximum absolute atomic E-state index is 14.7. The standard InChI is InChI=1S/C28H34F4N4O4/c1-27(2,28(30,31)32)16-36-9-7-17(8-10-36)15-40-20-4-6-23(34-14-20)18-3-5-21(22(29)11-18)25(38)35-26(39)24-12-19(37)13-33-24/h3-6,11,14,17,19,24,33,37H,7-10,12-13,15-16H2,1-2H3,(H,35,38,39)/t19-,24+/m1/s1. The number of imide groups is 1. The second kappa shape index (κ2) is 12.2. The lowest BCUT2D eigenvalue weighted by molar-refractivity contribution is -0.217. The zero-order valence-corrected chi connectivity index (χ0v) is 22.4. The summed E-state index contributed by atoms with van der Waals surface area (Å²) in [6, 6.07) is 6.60. The van der Waals surface area contributed by atoms with Gasteiger partial charge in [-0.25, -0.2) is 4.39 Å². The van der Waals surface area contributed by atoms with Crippen LogP contribution in [0.1, 0.15) is 43.5 Å². The number of nitrogens with one attached hydrogen (secondary N) is 2. The van der Waals surface area contributed by atoms with E-state index in [0.717, 1.165) is 18.9 Å². The number of nitrogens with zero attached hydrogens (tertiary/aromatic N) is 2. The number of carbonyl (C=O) groups excluding carboxylic acids is 2. The number of piperidine rings is 1. The predicted octanol–water partition coefficient (Wildman–Crippen LogP) is 3.55. The number of aromatic nitrogens is 1. The van der Waals surface area contributed by atoms with E-state index < -0.39 is 41.4 Å². The van der Waals surface area contributed by atoms with Crippen molar-refractivity contribution in [2.75, 3.05) is 32.8 Å². The Hall–Kier alpha value is -3.09. The van der Waals surface area contributed by atoms with Crippen LogP contribution in [0.2, 0.25) is 0 Å². The normalized spacial score (nSPS) is 20.9. The Morgan fingerprint density at radius 1 is 1.18 bits per heavy atom. The molecule has 40 heavy (non-hydrogen) atoms.